The minimum atomic E-state index is -3.31. The molecule has 2 unspecified atom stereocenters. The zero-order valence-electron chi connectivity index (χ0n) is 10.8. The Morgan fingerprint density at radius 3 is 2.83 bits per heavy atom. The van der Waals surface area contributed by atoms with Crippen molar-refractivity contribution in [1.82, 2.24) is 10.0 Å². The molecule has 4 nitrogen and oxygen atoms in total. The second kappa shape index (κ2) is 5.69. The van der Waals surface area contributed by atoms with E-state index in [-0.39, 0.29) is 0 Å². The Bertz CT molecular complexity index is 496. The van der Waals surface area contributed by atoms with Crippen LogP contribution in [-0.2, 0) is 16.6 Å². The molecular formula is C12H20N2O2S2. The smallest absolute Gasteiger partial charge is 0.241 e. The summed E-state index contributed by atoms with van der Waals surface area (Å²) in [6, 6.07) is 1.76. The Kier molecular flexibility index (Phi) is 4.42. The quantitative estimate of drug-likeness (QED) is 0.804. The highest BCUT2D eigenvalue weighted by molar-refractivity contribution is 7.89. The summed E-state index contributed by atoms with van der Waals surface area (Å²) in [5.74, 6) is 1.19. The van der Waals surface area contributed by atoms with Crippen molar-refractivity contribution in [2.24, 2.45) is 11.8 Å². The Balaban J connectivity index is 1.93. The minimum Gasteiger partial charge on any atom is -0.312 e. The van der Waals surface area contributed by atoms with Crippen molar-refractivity contribution in [2.75, 3.05) is 13.1 Å². The lowest BCUT2D eigenvalue weighted by molar-refractivity contribution is 0.575. The van der Waals surface area contributed by atoms with Gasteiger partial charge in [-0.1, -0.05) is 13.8 Å². The summed E-state index contributed by atoms with van der Waals surface area (Å²) in [7, 11) is -3.31. The molecule has 1 saturated carbocycles. The molecule has 0 saturated heterocycles. The molecule has 0 aromatic carbocycles. The normalized spacial score (nSPS) is 23.2. The van der Waals surface area contributed by atoms with Crippen LogP contribution in [0.25, 0.3) is 0 Å². The first kappa shape index (κ1) is 14.0. The van der Waals surface area contributed by atoms with Crippen LogP contribution in [0.2, 0.25) is 0 Å². The topological polar surface area (TPSA) is 58.2 Å². The van der Waals surface area contributed by atoms with Crippen molar-refractivity contribution in [1.29, 1.82) is 0 Å². The summed E-state index contributed by atoms with van der Waals surface area (Å²) in [4.78, 5) is 1.45. The summed E-state index contributed by atoms with van der Waals surface area (Å²) >= 11 is 1.49. The highest BCUT2D eigenvalue weighted by atomic mass is 32.2. The van der Waals surface area contributed by atoms with Crippen LogP contribution in [0.5, 0.6) is 0 Å². The number of sulfonamides is 1. The maximum Gasteiger partial charge on any atom is 0.241 e. The summed E-state index contributed by atoms with van der Waals surface area (Å²) < 4.78 is 26.8. The molecule has 6 heteroatoms. The van der Waals surface area contributed by atoms with Gasteiger partial charge in [0.05, 0.1) is 4.90 Å². The molecule has 0 radical (unpaired) electrons. The zero-order chi connectivity index (χ0) is 13.2. The third-order valence-electron chi connectivity index (χ3n) is 3.30. The van der Waals surface area contributed by atoms with Crippen LogP contribution in [0.1, 0.15) is 25.1 Å². The Hall–Kier alpha value is -0.430. The van der Waals surface area contributed by atoms with Crippen LogP contribution in [0.4, 0.5) is 0 Å². The van der Waals surface area contributed by atoms with Crippen LogP contribution >= 0.6 is 11.3 Å². The Morgan fingerprint density at radius 2 is 2.22 bits per heavy atom. The van der Waals surface area contributed by atoms with E-state index >= 15 is 0 Å². The standard InChI is InChI=1S/C12H20N2O2S2/c1-3-13-7-11-5-12(8-17-11)18(15,16)14-6-10-4-9(10)2/h5,8-10,13-14H,3-4,6-7H2,1-2H3. The van der Waals surface area contributed by atoms with Crippen LogP contribution in [0.3, 0.4) is 0 Å². The fraction of sp³-hybridized carbons (Fsp3) is 0.667. The molecule has 2 atom stereocenters. The molecule has 1 aliphatic rings. The number of hydrogen-bond donors (Lipinski definition) is 2. The van der Waals surface area contributed by atoms with E-state index in [1.165, 1.54) is 11.3 Å². The molecular weight excluding hydrogens is 268 g/mol. The van der Waals surface area contributed by atoms with Gasteiger partial charge < -0.3 is 5.32 Å². The van der Waals surface area contributed by atoms with E-state index in [1.54, 1.807) is 11.4 Å². The molecule has 18 heavy (non-hydrogen) atoms. The van der Waals surface area contributed by atoms with E-state index in [1.807, 2.05) is 6.92 Å². The van der Waals surface area contributed by atoms with Gasteiger partial charge in [-0.05, 0) is 30.9 Å². The third-order valence-corrected chi connectivity index (χ3v) is 5.79. The average Bonchev–Trinajstić information content (AvgIpc) is 2.84. The van der Waals surface area contributed by atoms with Crippen molar-refractivity contribution in [3.63, 3.8) is 0 Å². The van der Waals surface area contributed by atoms with E-state index in [4.69, 9.17) is 0 Å². The maximum absolute atomic E-state index is 12.0. The lowest BCUT2D eigenvalue weighted by Gasteiger charge is -2.03. The van der Waals surface area contributed by atoms with Gasteiger partial charge in [-0.2, -0.15) is 0 Å². The van der Waals surface area contributed by atoms with Crippen LogP contribution < -0.4 is 10.0 Å². The molecule has 1 fully saturated rings. The highest BCUT2D eigenvalue weighted by Crippen LogP contribution is 2.37. The zero-order valence-corrected chi connectivity index (χ0v) is 12.4. The van der Waals surface area contributed by atoms with E-state index in [0.29, 0.717) is 23.3 Å². The first-order valence-electron chi connectivity index (χ1n) is 6.30. The fourth-order valence-corrected chi connectivity index (χ4v) is 4.17. The highest BCUT2D eigenvalue weighted by Gasteiger charge is 2.33. The molecule has 2 rings (SSSR count). The van der Waals surface area contributed by atoms with E-state index in [9.17, 15) is 8.42 Å². The van der Waals surface area contributed by atoms with Crippen molar-refractivity contribution in [2.45, 2.75) is 31.7 Å². The molecule has 2 N–H and O–H groups in total. The molecule has 1 aliphatic carbocycles. The maximum atomic E-state index is 12.0. The van der Waals surface area contributed by atoms with E-state index < -0.39 is 10.0 Å². The van der Waals surface area contributed by atoms with Crippen LogP contribution in [0, 0.1) is 11.8 Å². The number of nitrogens with one attached hydrogen (secondary N) is 2. The summed E-state index contributed by atoms with van der Waals surface area (Å²) in [6.07, 6.45) is 1.14. The lowest BCUT2D eigenvalue weighted by Crippen LogP contribution is -2.25. The van der Waals surface area contributed by atoms with Gasteiger partial charge in [0, 0.05) is 23.3 Å². The van der Waals surface area contributed by atoms with Crippen molar-refractivity contribution < 1.29 is 8.42 Å². The minimum absolute atomic E-state index is 0.397. The predicted molar refractivity (Wildman–Crippen MR) is 74.2 cm³/mol. The first-order valence-corrected chi connectivity index (χ1v) is 8.67. The summed E-state index contributed by atoms with van der Waals surface area (Å²) in [6.45, 7) is 6.37. The molecule has 1 heterocycles. The second-order valence-electron chi connectivity index (χ2n) is 4.85. The molecule has 1 aromatic heterocycles. The molecule has 102 valence electrons. The summed E-state index contributed by atoms with van der Waals surface area (Å²) in [5, 5.41) is 4.90. The van der Waals surface area contributed by atoms with Crippen LogP contribution in [0.15, 0.2) is 16.3 Å². The number of hydrogen-bond acceptors (Lipinski definition) is 4. The number of thiophene rings is 1. The Morgan fingerprint density at radius 1 is 1.50 bits per heavy atom. The predicted octanol–water partition coefficient (Wildman–Crippen LogP) is 1.79. The first-order chi connectivity index (χ1) is 8.53. The van der Waals surface area contributed by atoms with Crippen LogP contribution in [-0.4, -0.2) is 21.5 Å². The van der Waals surface area contributed by atoms with Gasteiger partial charge in [0.25, 0.3) is 0 Å². The van der Waals surface area contributed by atoms with Gasteiger partial charge in [-0.25, -0.2) is 13.1 Å². The van der Waals surface area contributed by atoms with Gasteiger partial charge in [0.1, 0.15) is 0 Å². The third kappa shape index (κ3) is 3.54. The second-order valence-corrected chi connectivity index (χ2v) is 7.62. The van der Waals surface area contributed by atoms with E-state index in [0.717, 1.165) is 24.4 Å². The Labute approximate surface area is 113 Å². The van der Waals surface area contributed by atoms with Gasteiger partial charge in [-0.3, -0.25) is 0 Å². The number of rotatable bonds is 7. The van der Waals surface area contributed by atoms with Crippen molar-refractivity contribution in [3.05, 3.63) is 16.3 Å². The monoisotopic (exact) mass is 288 g/mol. The van der Waals surface area contributed by atoms with Crippen molar-refractivity contribution in [3.8, 4) is 0 Å². The largest absolute Gasteiger partial charge is 0.312 e. The molecule has 0 aliphatic heterocycles. The van der Waals surface area contributed by atoms with Crippen molar-refractivity contribution >= 4 is 21.4 Å². The van der Waals surface area contributed by atoms with Gasteiger partial charge in [0.2, 0.25) is 10.0 Å². The summed E-state index contributed by atoms with van der Waals surface area (Å²) in [5.41, 5.74) is 0. The lowest BCUT2D eigenvalue weighted by atomic mass is 10.3. The molecule has 0 bridgehead atoms. The average molecular weight is 288 g/mol. The molecule has 1 aromatic rings. The van der Waals surface area contributed by atoms with Gasteiger partial charge in [0.15, 0.2) is 0 Å². The molecule has 0 spiro atoms. The van der Waals surface area contributed by atoms with Gasteiger partial charge in [-0.15, -0.1) is 11.3 Å². The van der Waals surface area contributed by atoms with E-state index in [2.05, 4.69) is 17.0 Å². The SMILES string of the molecule is CCNCc1cc(S(=O)(=O)NCC2CC2C)cs1. The van der Waals surface area contributed by atoms with Gasteiger partial charge >= 0.3 is 0 Å². The fourth-order valence-electron chi connectivity index (χ4n) is 1.83. The molecule has 0 amide bonds.